The van der Waals surface area contributed by atoms with Gasteiger partial charge in [0.25, 0.3) is 0 Å². The highest BCUT2D eigenvalue weighted by atomic mass is 32.2. The molecule has 0 amide bonds. The summed E-state index contributed by atoms with van der Waals surface area (Å²) in [4.78, 5) is 0. The second kappa shape index (κ2) is 6.31. The van der Waals surface area contributed by atoms with Gasteiger partial charge < -0.3 is 5.73 Å². The van der Waals surface area contributed by atoms with E-state index in [4.69, 9.17) is 5.73 Å². The highest BCUT2D eigenvalue weighted by Crippen LogP contribution is 2.24. The van der Waals surface area contributed by atoms with Crippen LogP contribution in [0, 0.1) is 0 Å². The molecule has 0 aliphatic heterocycles. The van der Waals surface area contributed by atoms with Crippen molar-refractivity contribution in [2.75, 3.05) is 5.75 Å². The fourth-order valence-corrected chi connectivity index (χ4v) is 2.32. The Bertz CT molecular complexity index is 289. The molecule has 0 saturated carbocycles. The van der Waals surface area contributed by atoms with Gasteiger partial charge in [-0.1, -0.05) is 51.1 Å². The maximum Gasteiger partial charge on any atom is 0.0133 e. The normalized spacial score (nSPS) is 13.8. The van der Waals surface area contributed by atoms with Crippen LogP contribution in [-0.4, -0.2) is 16.5 Å². The fourth-order valence-electron chi connectivity index (χ4n) is 1.44. The molecule has 1 rings (SSSR count). The van der Waals surface area contributed by atoms with Gasteiger partial charge in [0.1, 0.15) is 0 Å². The first kappa shape index (κ1) is 13.6. The minimum absolute atomic E-state index is 0.310. The maximum atomic E-state index is 6.11. The largest absolute Gasteiger partial charge is 0.327 e. The van der Waals surface area contributed by atoms with E-state index in [1.807, 2.05) is 11.8 Å². The van der Waals surface area contributed by atoms with Crippen LogP contribution in [0.5, 0.6) is 0 Å². The molecular formula is C14H23NS. The minimum atomic E-state index is 0.310. The van der Waals surface area contributed by atoms with Crippen molar-refractivity contribution in [3.8, 4) is 0 Å². The number of hydrogen-bond acceptors (Lipinski definition) is 2. The Labute approximate surface area is 104 Å². The Morgan fingerprint density at radius 2 is 1.81 bits per heavy atom. The van der Waals surface area contributed by atoms with E-state index in [0.717, 1.165) is 18.6 Å². The van der Waals surface area contributed by atoms with Gasteiger partial charge in [-0.2, -0.15) is 11.8 Å². The number of aryl methyl sites for hydroxylation is 1. The Hall–Kier alpha value is -0.470. The SMILES string of the molecule is CC(C)(C)SCC(N)CCc1ccccc1. The zero-order chi connectivity index (χ0) is 12.0. The monoisotopic (exact) mass is 237 g/mol. The van der Waals surface area contributed by atoms with Crippen molar-refractivity contribution in [2.45, 2.75) is 44.4 Å². The van der Waals surface area contributed by atoms with Crippen LogP contribution in [0.15, 0.2) is 30.3 Å². The van der Waals surface area contributed by atoms with Crippen molar-refractivity contribution in [1.29, 1.82) is 0 Å². The summed E-state index contributed by atoms with van der Waals surface area (Å²) in [7, 11) is 0. The molecule has 90 valence electrons. The van der Waals surface area contributed by atoms with Crippen LogP contribution in [0.2, 0.25) is 0 Å². The maximum absolute atomic E-state index is 6.11. The van der Waals surface area contributed by atoms with Gasteiger partial charge in [0.2, 0.25) is 0 Å². The molecule has 0 aliphatic rings. The summed E-state index contributed by atoms with van der Waals surface area (Å²) in [5, 5.41) is 0. The number of hydrogen-bond donors (Lipinski definition) is 1. The summed E-state index contributed by atoms with van der Waals surface area (Å²) >= 11 is 1.95. The lowest BCUT2D eigenvalue weighted by Crippen LogP contribution is -2.26. The first-order chi connectivity index (χ1) is 7.47. The van der Waals surface area contributed by atoms with Gasteiger partial charge in [0.05, 0.1) is 0 Å². The molecule has 1 nitrogen and oxygen atoms in total. The van der Waals surface area contributed by atoms with Gasteiger partial charge in [0, 0.05) is 16.5 Å². The van der Waals surface area contributed by atoms with Crippen LogP contribution in [0.1, 0.15) is 32.8 Å². The van der Waals surface area contributed by atoms with E-state index < -0.39 is 0 Å². The average Bonchev–Trinajstić information content (AvgIpc) is 2.24. The molecule has 1 unspecified atom stereocenters. The summed E-state index contributed by atoms with van der Waals surface area (Å²) in [6.07, 6.45) is 2.17. The van der Waals surface area contributed by atoms with E-state index in [9.17, 15) is 0 Å². The predicted molar refractivity (Wildman–Crippen MR) is 74.9 cm³/mol. The third kappa shape index (κ3) is 6.19. The van der Waals surface area contributed by atoms with Crippen molar-refractivity contribution in [1.82, 2.24) is 0 Å². The van der Waals surface area contributed by atoms with E-state index in [1.165, 1.54) is 5.56 Å². The van der Waals surface area contributed by atoms with E-state index in [-0.39, 0.29) is 0 Å². The molecule has 2 N–H and O–H groups in total. The Balaban J connectivity index is 2.23. The molecule has 0 bridgehead atoms. The molecule has 1 aromatic carbocycles. The number of rotatable bonds is 5. The lowest BCUT2D eigenvalue weighted by molar-refractivity contribution is 0.669. The van der Waals surface area contributed by atoms with Crippen molar-refractivity contribution >= 4 is 11.8 Å². The van der Waals surface area contributed by atoms with Gasteiger partial charge in [0.15, 0.2) is 0 Å². The van der Waals surface area contributed by atoms with Gasteiger partial charge in [-0.25, -0.2) is 0 Å². The number of nitrogens with two attached hydrogens (primary N) is 1. The van der Waals surface area contributed by atoms with E-state index in [0.29, 0.717) is 10.8 Å². The topological polar surface area (TPSA) is 26.0 Å². The molecule has 1 aromatic rings. The quantitative estimate of drug-likeness (QED) is 0.848. The molecule has 1 atom stereocenters. The van der Waals surface area contributed by atoms with Gasteiger partial charge >= 0.3 is 0 Å². The molecule has 0 heterocycles. The summed E-state index contributed by atoms with van der Waals surface area (Å²) in [6, 6.07) is 10.9. The molecule has 0 aliphatic carbocycles. The molecular weight excluding hydrogens is 214 g/mol. The number of thioether (sulfide) groups is 1. The predicted octanol–water partition coefficient (Wildman–Crippen LogP) is 3.48. The van der Waals surface area contributed by atoms with Gasteiger partial charge in [-0.05, 0) is 18.4 Å². The van der Waals surface area contributed by atoms with E-state index >= 15 is 0 Å². The molecule has 0 spiro atoms. The first-order valence-electron chi connectivity index (χ1n) is 5.91. The van der Waals surface area contributed by atoms with Crippen LogP contribution in [0.25, 0.3) is 0 Å². The molecule has 16 heavy (non-hydrogen) atoms. The highest BCUT2D eigenvalue weighted by molar-refractivity contribution is 8.00. The zero-order valence-corrected chi connectivity index (χ0v) is 11.4. The van der Waals surface area contributed by atoms with Crippen molar-refractivity contribution in [2.24, 2.45) is 5.73 Å². The fraction of sp³-hybridized carbons (Fsp3) is 0.571. The molecule has 0 radical (unpaired) electrons. The van der Waals surface area contributed by atoms with E-state index in [1.54, 1.807) is 0 Å². The molecule has 0 saturated heterocycles. The Morgan fingerprint density at radius 3 is 2.38 bits per heavy atom. The van der Waals surface area contributed by atoms with Crippen LogP contribution in [0.3, 0.4) is 0 Å². The number of benzene rings is 1. The lowest BCUT2D eigenvalue weighted by Gasteiger charge is -2.20. The smallest absolute Gasteiger partial charge is 0.0133 e. The van der Waals surface area contributed by atoms with Crippen LogP contribution < -0.4 is 5.73 Å². The summed E-state index contributed by atoms with van der Waals surface area (Å²) < 4.78 is 0.324. The standard InChI is InChI=1S/C14H23NS/c1-14(2,3)16-11-13(15)10-9-12-7-5-4-6-8-12/h4-8,13H,9-11,15H2,1-3H3. The summed E-state index contributed by atoms with van der Waals surface area (Å²) in [6.45, 7) is 6.71. The van der Waals surface area contributed by atoms with Crippen molar-refractivity contribution in [3.05, 3.63) is 35.9 Å². The van der Waals surface area contributed by atoms with Gasteiger partial charge in [-0.3, -0.25) is 0 Å². The summed E-state index contributed by atoms with van der Waals surface area (Å²) in [5.74, 6) is 1.05. The Kier molecular flexibility index (Phi) is 5.36. The molecule has 0 fully saturated rings. The van der Waals surface area contributed by atoms with Crippen molar-refractivity contribution < 1.29 is 0 Å². The average molecular weight is 237 g/mol. The molecule has 0 aromatic heterocycles. The minimum Gasteiger partial charge on any atom is -0.327 e. The van der Waals surface area contributed by atoms with Crippen LogP contribution in [0.4, 0.5) is 0 Å². The third-order valence-corrected chi connectivity index (χ3v) is 3.84. The highest BCUT2D eigenvalue weighted by Gasteiger charge is 2.13. The first-order valence-corrected chi connectivity index (χ1v) is 6.89. The van der Waals surface area contributed by atoms with Crippen molar-refractivity contribution in [3.63, 3.8) is 0 Å². The van der Waals surface area contributed by atoms with Gasteiger partial charge in [-0.15, -0.1) is 0 Å². The Morgan fingerprint density at radius 1 is 1.19 bits per heavy atom. The molecule has 2 heteroatoms. The zero-order valence-electron chi connectivity index (χ0n) is 10.6. The van der Waals surface area contributed by atoms with E-state index in [2.05, 4.69) is 51.1 Å². The van der Waals surface area contributed by atoms with Crippen LogP contribution in [-0.2, 0) is 6.42 Å². The third-order valence-electron chi connectivity index (χ3n) is 2.38. The van der Waals surface area contributed by atoms with Crippen LogP contribution >= 0.6 is 11.8 Å². The summed E-state index contributed by atoms with van der Waals surface area (Å²) in [5.41, 5.74) is 7.50. The second-order valence-electron chi connectivity index (χ2n) is 5.21. The lowest BCUT2D eigenvalue weighted by atomic mass is 10.1. The second-order valence-corrected chi connectivity index (χ2v) is 7.05.